The molecular weight excluding hydrogens is 242 g/mol. The van der Waals surface area contributed by atoms with E-state index in [0.717, 1.165) is 23.1 Å². The Bertz CT molecular complexity index is 309. The number of hydrogen-bond donors (Lipinski definition) is 1. The van der Waals surface area contributed by atoms with Crippen LogP contribution in [0.15, 0.2) is 24.3 Å². The number of rotatable bonds is 7. The molecule has 0 heterocycles. The van der Waals surface area contributed by atoms with Crippen molar-refractivity contribution in [2.45, 2.75) is 11.8 Å². The molecule has 16 heavy (non-hydrogen) atoms. The number of benzene rings is 1. The van der Waals surface area contributed by atoms with Gasteiger partial charge in [0.2, 0.25) is 0 Å². The molecule has 0 aliphatic carbocycles. The van der Waals surface area contributed by atoms with E-state index in [4.69, 9.17) is 16.3 Å². The summed E-state index contributed by atoms with van der Waals surface area (Å²) in [6, 6.07) is 8.38. The summed E-state index contributed by atoms with van der Waals surface area (Å²) in [4.78, 5) is 0. The number of ether oxygens (including phenoxy) is 1. The van der Waals surface area contributed by atoms with Crippen molar-refractivity contribution in [3.63, 3.8) is 0 Å². The molecule has 0 saturated carbocycles. The van der Waals surface area contributed by atoms with Crippen LogP contribution in [0.5, 0.6) is 0 Å². The maximum absolute atomic E-state index is 6.08. The highest BCUT2D eigenvalue weighted by molar-refractivity contribution is 7.98. The van der Waals surface area contributed by atoms with Gasteiger partial charge in [-0.1, -0.05) is 29.8 Å². The summed E-state index contributed by atoms with van der Waals surface area (Å²) in [5, 5.41) is 4.07. The second-order valence-corrected chi connectivity index (χ2v) is 4.98. The number of thioether (sulfide) groups is 1. The zero-order valence-electron chi connectivity index (χ0n) is 9.70. The average Bonchev–Trinajstić information content (AvgIpc) is 2.30. The van der Waals surface area contributed by atoms with Gasteiger partial charge in [0, 0.05) is 29.7 Å². The van der Waals surface area contributed by atoms with Crippen molar-refractivity contribution < 1.29 is 4.74 Å². The van der Waals surface area contributed by atoms with Crippen LogP contribution < -0.4 is 5.32 Å². The van der Waals surface area contributed by atoms with Crippen molar-refractivity contribution >= 4 is 23.4 Å². The lowest BCUT2D eigenvalue weighted by molar-refractivity contribution is 0.177. The van der Waals surface area contributed by atoms with Gasteiger partial charge >= 0.3 is 0 Å². The summed E-state index contributed by atoms with van der Waals surface area (Å²) < 4.78 is 5.12. The lowest BCUT2D eigenvalue weighted by Crippen LogP contribution is -2.32. The molecule has 4 heteroatoms. The van der Waals surface area contributed by atoms with Gasteiger partial charge in [0.1, 0.15) is 0 Å². The minimum atomic E-state index is 0.400. The molecule has 0 aromatic heterocycles. The zero-order chi connectivity index (χ0) is 11.8. The van der Waals surface area contributed by atoms with E-state index in [1.54, 1.807) is 7.11 Å². The summed E-state index contributed by atoms with van der Waals surface area (Å²) in [6.07, 6.45) is 0. The van der Waals surface area contributed by atoms with E-state index in [0.29, 0.717) is 6.04 Å². The SMILES string of the molecule is CNC(COC)CSCc1ccccc1Cl. The maximum Gasteiger partial charge on any atom is 0.0623 e. The first-order valence-electron chi connectivity index (χ1n) is 5.25. The molecule has 0 bridgehead atoms. The molecule has 1 unspecified atom stereocenters. The lowest BCUT2D eigenvalue weighted by Gasteiger charge is -2.14. The third kappa shape index (κ3) is 4.74. The van der Waals surface area contributed by atoms with E-state index >= 15 is 0 Å². The number of methoxy groups -OCH3 is 1. The molecule has 2 nitrogen and oxygen atoms in total. The zero-order valence-corrected chi connectivity index (χ0v) is 11.3. The van der Waals surface area contributed by atoms with Gasteiger partial charge in [-0.2, -0.15) is 11.8 Å². The monoisotopic (exact) mass is 259 g/mol. The minimum Gasteiger partial charge on any atom is -0.383 e. The molecule has 0 fully saturated rings. The third-order valence-electron chi connectivity index (χ3n) is 2.31. The van der Waals surface area contributed by atoms with Crippen LogP contribution >= 0.6 is 23.4 Å². The fraction of sp³-hybridized carbons (Fsp3) is 0.500. The Kier molecular flexibility index (Phi) is 6.88. The fourth-order valence-electron chi connectivity index (χ4n) is 1.34. The number of likely N-dealkylation sites (N-methyl/N-ethyl adjacent to an activating group) is 1. The van der Waals surface area contributed by atoms with Crippen molar-refractivity contribution in [3.8, 4) is 0 Å². The van der Waals surface area contributed by atoms with Gasteiger partial charge in [0.05, 0.1) is 6.61 Å². The van der Waals surface area contributed by atoms with Crippen LogP contribution in [0.2, 0.25) is 5.02 Å². The second kappa shape index (κ2) is 7.96. The predicted molar refractivity (Wildman–Crippen MR) is 72.3 cm³/mol. The molecule has 0 saturated heterocycles. The smallest absolute Gasteiger partial charge is 0.0623 e. The summed E-state index contributed by atoms with van der Waals surface area (Å²) in [5.41, 5.74) is 1.20. The van der Waals surface area contributed by atoms with Gasteiger partial charge < -0.3 is 10.1 Å². The molecule has 0 amide bonds. The van der Waals surface area contributed by atoms with Gasteiger partial charge in [-0.15, -0.1) is 0 Å². The number of hydrogen-bond acceptors (Lipinski definition) is 3. The summed E-state index contributed by atoms with van der Waals surface area (Å²) in [5.74, 6) is 1.97. The number of nitrogens with one attached hydrogen (secondary N) is 1. The van der Waals surface area contributed by atoms with Crippen molar-refractivity contribution in [2.75, 3.05) is 26.5 Å². The molecule has 0 aliphatic heterocycles. The highest BCUT2D eigenvalue weighted by Gasteiger charge is 2.06. The first-order chi connectivity index (χ1) is 7.77. The summed E-state index contributed by atoms with van der Waals surface area (Å²) >= 11 is 7.95. The van der Waals surface area contributed by atoms with E-state index in [2.05, 4.69) is 11.4 Å². The Labute approximate surface area is 107 Å². The largest absolute Gasteiger partial charge is 0.383 e. The molecular formula is C12H18ClNOS. The van der Waals surface area contributed by atoms with E-state index in [1.807, 2.05) is 37.0 Å². The quantitative estimate of drug-likeness (QED) is 0.814. The molecule has 0 radical (unpaired) electrons. The Balaban J connectivity index is 2.32. The molecule has 1 atom stereocenters. The van der Waals surface area contributed by atoms with Crippen LogP contribution in [0.3, 0.4) is 0 Å². The molecule has 1 aromatic carbocycles. The molecule has 1 N–H and O–H groups in total. The lowest BCUT2D eigenvalue weighted by atomic mass is 10.2. The minimum absolute atomic E-state index is 0.400. The molecule has 90 valence electrons. The maximum atomic E-state index is 6.08. The van der Waals surface area contributed by atoms with Crippen LogP contribution in [-0.2, 0) is 10.5 Å². The van der Waals surface area contributed by atoms with Gasteiger partial charge in [0.25, 0.3) is 0 Å². The third-order valence-corrected chi connectivity index (χ3v) is 3.83. The van der Waals surface area contributed by atoms with Crippen LogP contribution in [0, 0.1) is 0 Å². The van der Waals surface area contributed by atoms with Crippen LogP contribution in [-0.4, -0.2) is 32.6 Å². The Morgan fingerprint density at radius 1 is 1.44 bits per heavy atom. The molecule has 0 spiro atoms. The van der Waals surface area contributed by atoms with E-state index in [1.165, 1.54) is 5.56 Å². The summed E-state index contributed by atoms with van der Waals surface area (Å²) in [6.45, 7) is 0.742. The highest BCUT2D eigenvalue weighted by atomic mass is 35.5. The molecule has 1 aromatic rings. The van der Waals surface area contributed by atoms with Gasteiger partial charge in [-0.3, -0.25) is 0 Å². The van der Waals surface area contributed by atoms with Gasteiger partial charge in [0.15, 0.2) is 0 Å². The summed E-state index contributed by atoms with van der Waals surface area (Å²) in [7, 11) is 3.68. The Morgan fingerprint density at radius 3 is 2.81 bits per heavy atom. The normalized spacial score (nSPS) is 12.7. The van der Waals surface area contributed by atoms with Crippen LogP contribution in [0.25, 0.3) is 0 Å². The average molecular weight is 260 g/mol. The first kappa shape index (κ1) is 13.8. The molecule has 0 aliphatic rings. The standard InChI is InChI=1S/C12H18ClNOS/c1-14-11(7-15-2)9-16-8-10-5-3-4-6-12(10)13/h3-6,11,14H,7-9H2,1-2H3. The van der Waals surface area contributed by atoms with Crippen molar-refractivity contribution in [3.05, 3.63) is 34.9 Å². The topological polar surface area (TPSA) is 21.3 Å². The molecule has 1 rings (SSSR count). The number of halogens is 1. The Hall–Kier alpha value is -0.220. The van der Waals surface area contributed by atoms with Crippen molar-refractivity contribution in [1.29, 1.82) is 0 Å². The van der Waals surface area contributed by atoms with Crippen LogP contribution in [0.1, 0.15) is 5.56 Å². The van der Waals surface area contributed by atoms with Crippen molar-refractivity contribution in [1.82, 2.24) is 5.32 Å². The highest BCUT2D eigenvalue weighted by Crippen LogP contribution is 2.21. The fourth-order valence-corrected chi connectivity index (χ4v) is 2.76. The van der Waals surface area contributed by atoms with Crippen molar-refractivity contribution in [2.24, 2.45) is 0 Å². The van der Waals surface area contributed by atoms with Gasteiger partial charge in [-0.25, -0.2) is 0 Å². The van der Waals surface area contributed by atoms with Gasteiger partial charge in [-0.05, 0) is 18.7 Å². The second-order valence-electron chi connectivity index (χ2n) is 3.55. The van der Waals surface area contributed by atoms with Crippen LogP contribution in [0.4, 0.5) is 0 Å². The predicted octanol–water partition coefficient (Wildman–Crippen LogP) is 2.81. The van der Waals surface area contributed by atoms with E-state index in [9.17, 15) is 0 Å². The van der Waals surface area contributed by atoms with E-state index in [-0.39, 0.29) is 0 Å². The van der Waals surface area contributed by atoms with E-state index < -0.39 is 0 Å². The Morgan fingerprint density at radius 2 is 2.19 bits per heavy atom. The first-order valence-corrected chi connectivity index (χ1v) is 6.78.